The van der Waals surface area contributed by atoms with Crippen molar-refractivity contribution >= 4 is 22.8 Å². The topological polar surface area (TPSA) is 122 Å². The van der Waals surface area contributed by atoms with Gasteiger partial charge in [0.2, 0.25) is 5.89 Å². The number of piperidine rings is 1. The van der Waals surface area contributed by atoms with Crippen molar-refractivity contribution in [3.63, 3.8) is 0 Å². The second-order valence-corrected chi connectivity index (χ2v) is 8.48. The van der Waals surface area contributed by atoms with Gasteiger partial charge in [0.1, 0.15) is 5.52 Å². The van der Waals surface area contributed by atoms with E-state index in [1.165, 1.54) is 0 Å². The van der Waals surface area contributed by atoms with Crippen LogP contribution < -0.4 is 4.84 Å². The van der Waals surface area contributed by atoms with Gasteiger partial charge in [0.15, 0.2) is 5.69 Å². The highest BCUT2D eigenvalue weighted by molar-refractivity contribution is 6.29. The van der Waals surface area contributed by atoms with Gasteiger partial charge in [-0.3, -0.25) is 0 Å². The number of fused-ring (bicyclic) bond motifs is 1. The predicted octanol–water partition coefficient (Wildman–Crippen LogP) is 2.21. The Hall–Kier alpha value is -3.31. The van der Waals surface area contributed by atoms with E-state index in [1.807, 2.05) is 6.07 Å². The van der Waals surface area contributed by atoms with Gasteiger partial charge in [-0.05, 0) is 52.3 Å². The summed E-state index contributed by atoms with van der Waals surface area (Å²) in [5.41, 5.74) is 0.851. The zero-order valence-electron chi connectivity index (χ0n) is 19.6. The molecular formula is C23H29N5O6. The average molecular weight is 472 g/mol. The quantitative estimate of drug-likeness (QED) is 0.274. The van der Waals surface area contributed by atoms with Crippen molar-refractivity contribution in [2.24, 2.45) is 0 Å². The second-order valence-electron chi connectivity index (χ2n) is 8.48. The van der Waals surface area contributed by atoms with Crippen LogP contribution in [0.25, 0.3) is 22.5 Å². The van der Waals surface area contributed by atoms with Gasteiger partial charge < -0.3 is 23.6 Å². The Bertz CT molecular complexity index is 1130. The number of rotatable bonds is 8. The summed E-state index contributed by atoms with van der Waals surface area (Å²) in [5.74, 6) is -1.28. The number of ether oxygens (including phenoxy) is 2. The minimum atomic E-state index is -1.17. The van der Waals surface area contributed by atoms with E-state index >= 15 is 0 Å². The van der Waals surface area contributed by atoms with Crippen LogP contribution in [0.1, 0.15) is 44.9 Å². The molecule has 0 atom stereocenters. The molecule has 3 aromatic rings. The van der Waals surface area contributed by atoms with Crippen molar-refractivity contribution in [3.05, 3.63) is 30.2 Å². The first kappa shape index (κ1) is 23.8. The molecule has 0 aliphatic carbocycles. The lowest BCUT2D eigenvalue weighted by Crippen LogP contribution is -2.34. The average Bonchev–Trinajstić information content (AvgIpc) is 3.45. The van der Waals surface area contributed by atoms with Crippen LogP contribution in [-0.2, 0) is 19.1 Å². The molecule has 0 unspecified atom stereocenters. The lowest BCUT2D eigenvalue weighted by atomic mass is 9.97. The molecule has 182 valence electrons. The van der Waals surface area contributed by atoms with E-state index in [2.05, 4.69) is 20.2 Å². The van der Waals surface area contributed by atoms with Gasteiger partial charge in [-0.25, -0.2) is 9.59 Å². The third-order valence-corrected chi connectivity index (χ3v) is 5.64. The second kappa shape index (κ2) is 10.7. The first-order valence-electron chi connectivity index (χ1n) is 11.4. The number of hydrogen-bond acceptors (Lipinski definition) is 10. The number of methoxy groups -OCH3 is 1. The van der Waals surface area contributed by atoms with Crippen molar-refractivity contribution in [1.29, 1.82) is 0 Å². The predicted molar refractivity (Wildman–Crippen MR) is 121 cm³/mol. The molecule has 4 rings (SSSR count). The molecule has 11 heteroatoms. The molecule has 0 spiro atoms. The summed E-state index contributed by atoms with van der Waals surface area (Å²) in [5, 5.41) is 13.4. The molecule has 0 amide bonds. The zero-order valence-corrected chi connectivity index (χ0v) is 19.6. The SMILES string of the molecule is COCCCN1CCC(c2nnc(-c3nn(OC(=O)C(=O)OC(C)C)c4ccccc34)o2)CC1. The molecule has 0 radical (unpaired) electrons. The molecule has 0 saturated carbocycles. The molecule has 11 nitrogen and oxygen atoms in total. The summed E-state index contributed by atoms with van der Waals surface area (Å²) in [4.78, 5) is 32.6. The maximum atomic E-state index is 12.1. The Balaban J connectivity index is 1.49. The summed E-state index contributed by atoms with van der Waals surface area (Å²) in [6, 6.07) is 7.10. The Morgan fingerprint density at radius 2 is 1.91 bits per heavy atom. The number of likely N-dealkylation sites (tertiary alicyclic amines) is 1. The van der Waals surface area contributed by atoms with Gasteiger partial charge in [0.05, 0.1) is 6.10 Å². The first-order chi connectivity index (χ1) is 16.5. The van der Waals surface area contributed by atoms with Crippen molar-refractivity contribution in [1.82, 2.24) is 25.0 Å². The fourth-order valence-electron chi connectivity index (χ4n) is 3.98. The van der Waals surface area contributed by atoms with Crippen LogP contribution in [0.3, 0.4) is 0 Å². The lowest BCUT2D eigenvalue weighted by Gasteiger charge is -2.30. The summed E-state index contributed by atoms with van der Waals surface area (Å²) < 4.78 is 16.0. The van der Waals surface area contributed by atoms with Crippen LogP contribution in [0.2, 0.25) is 0 Å². The van der Waals surface area contributed by atoms with Crippen LogP contribution in [0.15, 0.2) is 28.7 Å². The Labute approximate surface area is 196 Å². The zero-order chi connectivity index (χ0) is 24.1. The maximum Gasteiger partial charge on any atom is 0.443 e. The Morgan fingerprint density at radius 1 is 1.15 bits per heavy atom. The van der Waals surface area contributed by atoms with Crippen molar-refractivity contribution in [3.8, 4) is 11.6 Å². The minimum Gasteiger partial charge on any atom is -0.454 e. The smallest absolute Gasteiger partial charge is 0.443 e. The number of hydrogen-bond donors (Lipinski definition) is 0. The monoisotopic (exact) mass is 471 g/mol. The molecular weight excluding hydrogens is 442 g/mol. The van der Waals surface area contributed by atoms with E-state index in [9.17, 15) is 9.59 Å². The standard InChI is InChI=1S/C23H29N5O6/c1-15(2)32-22(29)23(30)34-28-18-8-5-4-7-17(18)19(26-28)21-25-24-20(33-21)16-9-12-27(13-10-16)11-6-14-31-3/h4-5,7-8,15-16H,6,9-14H2,1-3H3. The normalized spacial score (nSPS) is 15.2. The summed E-state index contributed by atoms with van der Waals surface area (Å²) in [6.45, 7) is 7.00. The van der Waals surface area contributed by atoms with E-state index in [-0.39, 0.29) is 11.8 Å². The minimum absolute atomic E-state index is 0.178. The van der Waals surface area contributed by atoms with Gasteiger partial charge in [-0.1, -0.05) is 23.0 Å². The van der Waals surface area contributed by atoms with E-state index < -0.39 is 18.0 Å². The molecule has 1 aromatic carbocycles. The fourth-order valence-corrected chi connectivity index (χ4v) is 3.98. The number of para-hydroxylation sites is 1. The van der Waals surface area contributed by atoms with Crippen LogP contribution in [0.5, 0.6) is 0 Å². The van der Waals surface area contributed by atoms with Crippen LogP contribution in [0, 0.1) is 0 Å². The van der Waals surface area contributed by atoms with E-state index in [4.69, 9.17) is 18.7 Å². The number of aromatic nitrogens is 4. The van der Waals surface area contributed by atoms with Crippen molar-refractivity contribution < 1.29 is 28.3 Å². The van der Waals surface area contributed by atoms with Gasteiger partial charge in [-0.15, -0.1) is 15.3 Å². The highest BCUT2D eigenvalue weighted by atomic mass is 16.7. The van der Waals surface area contributed by atoms with E-state index in [1.54, 1.807) is 39.2 Å². The fraction of sp³-hybridized carbons (Fsp3) is 0.522. The third kappa shape index (κ3) is 5.42. The van der Waals surface area contributed by atoms with E-state index in [0.29, 0.717) is 22.5 Å². The molecule has 1 aliphatic heterocycles. The van der Waals surface area contributed by atoms with Crippen LogP contribution >= 0.6 is 0 Å². The number of esters is 1. The first-order valence-corrected chi connectivity index (χ1v) is 11.4. The van der Waals surface area contributed by atoms with Gasteiger partial charge in [0, 0.05) is 31.6 Å². The van der Waals surface area contributed by atoms with Gasteiger partial charge in [-0.2, -0.15) is 0 Å². The molecule has 3 heterocycles. The largest absolute Gasteiger partial charge is 0.454 e. The van der Waals surface area contributed by atoms with Crippen LogP contribution in [0.4, 0.5) is 0 Å². The third-order valence-electron chi connectivity index (χ3n) is 5.64. The molecule has 1 fully saturated rings. The molecule has 34 heavy (non-hydrogen) atoms. The Kier molecular flexibility index (Phi) is 7.53. The maximum absolute atomic E-state index is 12.1. The number of carbonyl (C=O) groups is 2. The lowest BCUT2D eigenvalue weighted by molar-refractivity contribution is -0.170. The van der Waals surface area contributed by atoms with E-state index in [0.717, 1.165) is 50.3 Å². The highest BCUT2D eigenvalue weighted by Gasteiger charge is 2.27. The Morgan fingerprint density at radius 3 is 2.65 bits per heavy atom. The number of nitrogens with zero attached hydrogens (tertiary/aromatic N) is 5. The summed E-state index contributed by atoms with van der Waals surface area (Å²) in [7, 11) is 1.72. The molecule has 1 saturated heterocycles. The molecule has 0 bridgehead atoms. The van der Waals surface area contributed by atoms with Gasteiger partial charge in [0.25, 0.3) is 5.89 Å². The highest BCUT2D eigenvalue weighted by Crippen LogP contribution is 2.31. The number of carbonyl (C=O) groups excluding carboxylic acids is 2. The van der Waals surface area contributed by atoms with Crippen molar-refractivity contribution in [2.45, 2.75) is 45.1 Å². The molecule has 0 N–H and O–H groups in total. The molecule has 2 aromatic heterocycles. The van der Waals surface area contributed by atoms with Gasteiger partial charge >= 0.3 is 11.9 Å². The molecule has 1 aliphatic rings. The van der Waals surface area contributed by atoms with Crippen LogP contribution in [-0.4, -0.2) is 76.4 Å². The summed E-state index contributed by atoms with van der Waals surface area (Å²) >= 11 is 0. The number of benzene rings is 1. The summed E-state index contributed by atoms with van der Waals surface area (Å²) in [6.07, 6.45) is 2.43. The van der Waals surface area contributed by atoms with Crippen molar-refractivity contribution in [2.75, 3.05) is 33.4 Å².